The maximum absolute atomic E-state index is 11.9. The van der Waals surface area contributed by atoms with Crippen molar-refractivity contribution in [2.24, 2.45) is 5.73 Å². The SMILES string of the molecule is Cc1ccc(CCn2c(-c3csc(-c4cccs4)n3)cc(C(N)=O)c2C)cc1. The number of rotatable bonds is 6. The van der Waals surface area contributed by atoms with Crippen LogP contribution in [0.25, 0.3) is 21.3 Å². The second-order valence-corrected chi connectivity index (χ2v) is 8.60. The normalized spacial score (nSPS) is 11.1. The predicted molar refractivity (Wildman–Crippen MR) is 117 cm³/mol. The third-order valence-electron chi connectivity index (χ3n) is 4.88. The Bertz CT molecular complexity index is 1110. The number of thiophene rings is 1. The Labute approximate surface area is 172 Å². The number of thiazole rings is 1. The van der Waals surface area contributed by atoms with Gasteiger partial charge in [0.2, 0.25) is 0 Å². The van der Waals surface area contributed by atoms with E-state index in [4.69, 9.17) is 10.7 Å². The number of benzene rings is 1. The maximum atomic E-state index is 11.9. The summed E-state index contributed by atoms with van der Waals surface area (Å²) in [6, 6.07) is 14.5. The number of aryl methyl sites for hydroxylation is 2. The highest BCUT2D eigenvalue weighted by molar-refractivity contribution is 7.20. The Balaban J connectivity index is 1.69. The second-order valence-electron chi connectivity index (χ2n) is 6.80. The van der Waals surface area contributed by atoms with Crippen LogP contribution in [0.4, 0.5) is 0 Å². The molecule has 0 aliphatic rings. The topological polar surface area (TPSA) is 60.9 Å². The molecule has 4 nitrogen and oxygen atoms in total. The summed E-state index contributed by atoms with van der Waals surface area (Å²) in [7, 11) is 0. The zero-order valence-corrected chi connectivity index (χ0v) is 17.4. The van der Waals surface area contributed by atoms with Crippen LogP contribution in [0.2, 0.25) is 0 Å². The average Bonchev–Trinajstić information content (AvgIpc) is 3.41. The van der Waals surface area contributed by atoms with E-state index < -0.39 is 5.91 Å². The van der Waals surface area contributed by atoms with E-state index in [0.717, 1.165) is 39.9 Å². The van der Waals surface area contributed by atoms with Crippen molar-refractivity contribution in [2.45, 2.75) is 26.8 Å². The van der Waals surface area contributed by atoms with E-state index in [1.807, 2.05) is 19.1 Å². The number of primary amides is 1. The maximum Gasteiger partial charge on any atom is 0.250 e. The van der Waals surface area contributed by atoms with Crippen LogP contribution in [0.15, 0.2) is 53.2 Å². The first-order valence-electron chi connectivity index (χ1n) is 9.08. The van der Waals surface area contributed by atoms with Gasteiger partial charge in [0.1, 0.15) is 5.01 Å². The van der Waals surface area contributed by atoms with Crippen LogP contribution in [0.1, 0.15) is 27.2 Å². The van der Waals surface area contributed by atoms with Gasteiger partial charge < -0.3 is 10.3 Å². The smallest absolute Gasteiger partial charge is 0.250 e. The molecule has 6 heteroatoms. The number of carbonyl (C=O) groups excluding carboxylic acids is 1. The summed E-state index contributed by atoms with van der Waals surface area (Å²) in [6.07, 6.45) is 0.878. The summed E-state index contributed by atoms with van der Waals surface area (Å²) in [4.78, 5) is 17.9. The van der Waals surface area contributed by atoms with Gasteiger partial charge in [0.05, 0.1) is 21.8 Å². The van der Waals surface area contributed by atoms with Crippen molar-refractivity contribution >= 4 is 28.6 Å². The van der Waals surface area contributed by atoms with Gasteiger partial charge in [0.25, 0.3) is 5.91 Å². The lowest BCUT2D eigenvalue weighted by atomic mass is 10.1. The number of hydrogen-bond acceptors (Lipinski definition) is 4. The molecular formula is C22H21N3OS2. The van der Waals surface area contributed by atoms with Crippen molar-refractivity contribution in [2.75, 3.05) is 0 Å². The summed E-state index contributed by atoms with van der Waals surface area (Å²) in [5, 5.41) is 5.10. The van der Waals surface area contributed by atoms with Crippen LogP contribution in [-0.2, 0) is 13.0 Å². The van der Waals surface area contributed by atoms with Gasteiger partial charge >= 0.3 is 0 Å². The van der Waals surface area contributed by atoms with Gasteiger partial charge in [0, 0.05) is 17.6 Å². The number of nitrogens with two attached hydrogens (primary N) is 1. The fourth-order valence-electron chi connectivity index (χ4n) is 3.30. The van der Waals surface area contributed by atoms with Crippen LogP contribution < -0.4 is 5.73 Å². The molecule has 1 aromatic carbocycles. The molecule has 4 aromatic rings. The molecule has 1 amide bonds. The van der Waals surface area contributed by atoms with Crippen molar-refractivity contribution in [1.29, 1.82) is 0 Å². The van der Waals surface area contributed by atoms with E-state index >= 15 is 0 Å². The van der Waals surface area contributed by atoms with Gasteiger partial charge in [0.15, 0.2) is 0 Å². The predicted octanol–water partition coefficient (Wildman–Crippen LogP) is 5.30. The molecule has 2 N–H and O–H groups in total. The molecule has 3 heterocycles. The number of amides is 1. The molecule has 0 fully saturated rings. The molecule has 0 aliphatic carbocycles. The average molecular weight is 408 g/mol. The highest BCUT2D eigenvalue weighted by Gasteiger charge is 2.19. The Hall–Kier alpha value is -2.70. The van der Waals surface area contributed by atoms with Gasteiger partial charge in [-0.25, -0.2) is 4.98 Å². The lowest BCUT2D eigenvalue weighted by molar-refractivity contribution is 0.0999. The third kappa shape index (κ3) is 3.66. The number of aromatic nitrogens is 2. The lowest BCUT2D eigenvalue weighted by Gasteiger charge is -2.11. The summed E-state index contributed by atoms with van der Waals surface area (Å²) in [5.41, 5.74) is 11.4. The van der Waals surface area contributed by atoms with E-state index in [1.165, 1.54) is 11.1 Å². The molecule has 4 rings (SSSR count). The highest BCUT2D eigenvalue weighted by atomic mass is 32.1. The Morgan fingerprint density at radius 2 is 1.93 bits per heavy atom. The zero-order valence-electron chi connectivity index (χ0n) is 15.8. The van der Waals surface area contributed by atoms with Crippen molar-refractivity contribution < 1.29 is 4.79 Å². The van der Waals surface area contributed by atoms with Crippen LogP contribution in [0.3, 0.4) is 0 Å². The minimum Gasteiger partial charge on any atom is -0.366 e. The number of carbonyl (C=O) groups is 1. The molecule has 0 saturated heterocycles. The summed E-state index contributed by atoms with van der Waals surface area (Å²) >= 11 is 3.30. The zero-order chi connectivity index (χ0) is 19.7. The lowest BCUT2D eigenvalue weighted by Crippen LogP contribution is -2.13. The summed E-state index contributed by atoms with van der Waals surface area (Å²) < 4.78 is 2.16. The molecule has 0 radical (unpaired) electrons. The molecule has 0 spiro atoms. The summed E-state index contributed by atoms with van der Waals surface area (Å²) in [5.74, 6) is -0.401. The minimum atomic E-state index is -0.401. The molecule has 0 bridgehead atoms. The fourth-order valence-corrected chi connectivity index (χ4v) is 4.92. The molecule has 142 valence electrons. The van der Waals surface area contributed by atoms with Crippen LogP contribution >= 0.6 is 22.7 Å². The molecule has 0 aliphatic heterocycles. The third-order valence-corrected chi connectivity index (χ3v) is 6.76. The van der Waals surface area contributed by atoms with Gasteiger partial charge in [-0.15, -0.1) is 22.7 Å². The first-order chi connectivity index (χ1) is 13.5. The quantitative estimate of drug-likeness (QED) is 0.471. The highest BCUT2D eigenvalue weighted by Crippen LogP contribution is 2.33. The van der Waals surface area contributed by atoms with Gasteiger partial charge in [-0.2, -0.15) is 0 Å². The monoisotopic (exact) mass is 407 g/mol. The minimum absolute atomic E-state index is 0.401. The molecule has 0 unspecified atom stereocenters. The van der Waals surface area contributed by atoms with E-state index in [2.05, 4.69) is 52.6 Å². The Morgan fingerprint density at radius 3 is 2.61 bits per heavy atom. The molecule has 28 heavy (non-hydrogen) atoms. The standard InChI is InChI=1S/C22H21N3OS2/c1-14-5-7-16(8-6-14)9-10-25-15(2)17(21(23)26)12-19(25)18-13-28-22(24-18)20-4-3-11-27-20/h3-8,11-13H,9-10H2,1-2H3,(H2,23,26). The first-order valence-corrected chi connectivity index (χ1v) is 10.8. The van der Waals surface area contributed by atoms with Crippen LogP contribution in [0, 0.1) is 13.8 Å². The fraction of sp³-hybridized carbons (Fsp3) is 0.182. The van der Waals surface area contributed by atoms with E-state index in [9.17, 15) is 4.79 Å². The summed E-state index contributed by atoms with van der Waals surface area (Å²) in [6.45, 7) is 4.80. The largest absolute Gasteiger partial charge is 0.366 e. The molecule has 0 atom stereocenters. The van der Waals surface area contributed by atoms with Crippen molar-refractivity contribution in [3.8, 4) is 21.3 Å². The molecule has 0 saturated carbocycles. The van der Waals surface area contributed by atoms with E-state index in [-0.39, 0.29) is 0 Å². The first kappa shape index (κ1) is 18.7. The second kappa shape index (κ2) is 7.73. The number of hydrogen-bond donors (Lipinski definition) is 1. The van der Waals surface area contributed by atoms with Crippen molar-refractivity contribution in [3.05, 3.63) is 75.6 Å². The van der Waals surface area contributed by atoms with Gasteiger partial charge in [-0.1, -0.05) is 35.9 Å². The van der Waals surface area contributed by atoms with E-state index in [0.29, 0.717) is 5.56 Å². The van der Waals surface area contributed by atoms with Crippen LogP contribution in [0.5, 0.6) is 0 Å². The van der Waals surface area contributed by atoms with Crippen molar-refractivity contribution in [3.63, 3.8) is 0 Å². The molecule has 3 aromatic heterocycles. The Kier molecular flexibility index (Phi) is 5.15. The van der Waals surface area contributed by atoms with Gasteiger partial charge in [-0.05, 0) is 43.3 Å². The Morgan fingerprint density at radius 1 is 1.14 bits per heavy atom. The van der Waals surface area contributed by atoms with Crippen LogP contribution in [-0.4, -0.2) is 15.5 Å². The molecular weight excluding hydrogens is 386 g/mol. The van der Waals surface area contributed by atoms with Crippen molar-refractivity contribution in [1.82, 2.24) is 9.55 Å². The van der Waals surface area contributed by atoms with Gasteiger partial charge in [-0.3, -0.25) is 4.79 Å². The van der Waals surface area contributed by atoms with E-state index in [1.54, 1.807) is 22.7 Å². The number of nitrogens with zero attached hydrogens (tertiary/aromatic N) is 2.